The highest BCUT2D eigenvalue weighted by atomic mass is 14.9. The Morgan fingerprint density at radius 2 is 1.88 bits per heavy atom. The van der Waals surface area contributed by atoms with Crippen molar-refractivity contribution in [1.29, 1.82) is 0 Å². The molecule has 0 spiro atoms. The van der Waals surface area contributed by atoms with Crippen LogP contribution in [0.3, 0.4) is 0 Å². The number of benzene rings is 1. The zero-order chi connectivity index (χ0) is 12.3. The first-order chi connectivity index (χ1) is 8.24. The molecule has 0 saturated carbocycles. The van der Waals surface area contributed by atoms with Crippen molar-refractivity contribution in [1.82, 2.24) is 9.97 Å². The molecule has 88 valence electrons. The van der Waals surface area contributed by atoms with Gasteiger partial charge in [-0.05, 0) is 30.0 Å². The number of nitrogen functional groups attached to an aromatic ring is 1. The van der Waals surface area contributed by atoms with Crippen LogP contribution in [0, 0.1) is 0 Å². The predicted octanol–water partition coefficient (Wildman–Crippen LogP) is 2.85. The van der Waals surface area contributed by atoms with Gasteiger partial charge in [0.15, 0.2) is 0 Å². The highest BCUT2D eigenvalue weighted by Crippen LogP contribution is 2.23. The van der Waals surface area contributed by atoms with Crippen molar-refractivity contribution in [3.05, 3.63) is 41.7 Å². The summed E-state index contributed by atoms with van der Waals surface area (Å²) in [4.78, 5) is 8.45. The molecule has 17 heavy (non-hydrogen) atoms. The number of nitrogens with zero attached hydrogens (tertiary/aromatic N) is 2. The van der Waals surface area contributed by atoms with Crippen LogP contribution in [-0.4, -0.2) is 9.97 Å². The van der Waals surface area contributed by atoms with Crippen LogP contribution in [-0.2, 0) is 12.8 Å². The number of aryl methyl sites for hydroxylation is 2. The summed E-state index contributed by atoms with van der Waals surface area (Å²) in [6.07, 6.45) is 5.36. The van der Waals surface area contributed by atoms with Crippen molar-refractivity contribution >= 4 is 5.82 Å². The van der Waals surface area contributed by atoms with Crippen LogP contribution < -0.4 is 5.73 Å². The smallest absolute Gasteiger partial charge is 0.141 e. The summed E-state index contributed by atoms with van der Waals surface area (Å²) in [5.41, 5.74) is 10.2. The standard InChI is InChI=1S/C14H17N3/c1-3-10-5-6-11(4-2)12(7-10)13-8-17-14(15)9-16-13/h5-9H,3-4H2,1-2H3,(H2,15,17). The predicted molar refractivity (Wildman–Crippen MR) is 70.6 cm³/mol. The maximum Gasteiger partial charge on any atom is 0.141 e. The molecule has 0 radical (unpaired) electrons. The first-order valence-electron chi connectivity index (χ1n) is 5.94. The normalized spacial score (nSPS) is 10.5. The number of nitrogens with two attached hydrogens (primary N) is 1. The molecule has 2 aromatic rings. The van der Waals surface area contributed by atoms with E-state index < -0.39 is 0 Å². The van der Waals surface area contributed by atoms with Crippen LogP contribution in [0.25, 0.3) is 11.3 Å². The Kier molecular flexibility index (Phi) is 3.38. The average molecular weight is 227 g/mol. The Hall–Kier alpha value is -1.90. The lowest BCUT2D eigenvalue weighted by molar-refractivity contribution is 1.09. The zero-order valence-electron chi connectivity index (χ0n) is 10.3. The van der Waals surface area contributed by atoms with Gasteiger partial charge in [0, 0.05) is 5.56 Å². The topological polar surface area (TPSA) is 51.8 Å². The summed E-state index contributed by atoms with van der Waals surface area (Å²) in [7, 11) is 0. The molecule has 3 heteroatoms. The van der Waals surface area contributed by atoms with E-state index in [1.54, 1.807) is 12.4 Å². The Morgan fingerprint density at radius 3 is 2.47 bits per heavy atom. The third-order valence-corrected chi connectivity index (χ3v) is 2.91. The number of hydrogen-bond donors (Lipinski definition) is 1. The average Bonchev–Trinajstić information content (AvgIpc) is 2.39. The molecule has 0 atom stereocenters. The lowest BCUT2D eigenvalue weighted by atomic mass is 9.99. The van der Waals surface area contributed by atoms with Gasteiger partial charge in [0.05, 0.1) is 18.1 Å². The second-order valence-electron chi connectivity index (χ2n) is 4.03. The maximum absolute atomic E-state index is 5.56. The Labute approximate surface area is 102 Å². The molecule has 1 aromatic carbocycles. The van der Waals surface area contributed by atoms with Gasteiger partial charge in [0.2, 0.25) is 0 Å². The molecule has 1 heterocycles. The fourth-order valence-electron chi connectivity index (χ4n) is 1.87. The SMILES string of the molecule is CCc1ccc(CC)c(-c2cnc(N)cn2)c1. The second-order valence-corrected chi connectivity index (χ2v) is 4.03. The van der Waals surface area contributed by atoms with Gasteiger partial charge in [-0.2, -0.15) is 0 Å². The lowest BCUT2D eigenvalue weighted by Gasteiger charge is -2.09. The van der Waals surface area contributed by atoms with Crippen molar-refractivity contribution in [3.63, 3.8) is 0 Å². The van der Waals surface area contributed by atoms with Gasteiger partial charge in [0.1, 0.15) is 5.82 Å². The van der Waals surface area contributed by atoms with Crippen molar-refractivity contribution in [2.75, 3.05) is 5.73 Å². The first-order valence-corrected chi connectivity index (χ1v) is 5.94. The molecule has 0 fully saturated rings. The van der Waals surface area contributed by atoms with Crippen molar-refractivity contribution in [2.45, 2.75) is 26.7 Å². The van der Waals surface area contributed by atoms with Crippen LogP contribution in [0.2, 0.25) is 0 Å². The minimum absolute atomic E-state index is 0.457. The molecule has 3 nitrogen and oxygen atoms in total. The minimum Gasteiger partial charge on any atom is -0.382 e. The summed E-state index contributed by atoms with van der Waals surface area (Å²) < 4.78 is 0. The monoisotopic (exact) mass is 227 g/mol. The first kappa shape index (κ1) is 11.6. The van der Waals surface area contributed by atoms with Crippen LogP contribution in [0.15, 0.2) is 30.6 Å². The molecular formula is C14H17N3. The molecule has 0 amide bonds. The largest absolute Gasteiger partial charge is 0.382 e. The summed E-state index contributed by atoms with van der Waals surface area (Å²) in [6, 6.07) is 6.54. The van der Waals surface area contributed by atoms with E-state index in [1.807, 2.05) is 0 Å². The molecule has 0 aliphatic heterocycles. The quantitative estimate of drug-likeness (QED) is 0.877. The van der Waals surface area contributed by atoms with Crippen LogP contribution in [0.5, 0.6) is 0 Å². The third kappa shape index (κ3) is 2.44. The molecule has 0 unspecified atom stereocenters. The highest BCUT2D eigenvalue weighted by Gasteiger charge is 2.06. The minimum atomic E-state index is 0.457. The van der Waals surface area contributed by atoms with E-state index in [2.05, 4.69) is 42.0 Å². The number of hydrogen-bond acceptors (Lipinski definition) is 3. The van der Waals surface area contributed by atoms with E-state index in [4.69, 9.17) is 5.73 Å². The Balaban J connectivity index is 2.51. The highest BCUT2D eigenvalue weighted by molar-refractivity contribution is 5.64. The van der Waals surface area contributed by atoms with Crippen molar-refractivity contribution in [3.8, 4) is 11.3 Å². The van der Waals surface area contributed by atoms with E-state index in [1.165, 1.54) is 16.7 Å². The van der Waals surface area contributed by atoms with Crippen LogP contribution >= 0.6 is 0 Å². The van der Waals surface area contributed by atoms with E-state index in [-0.39, 0.29) is 0 Å². The molecule has 2 rings (SSSR count). The fraction of sp³-hybridized carbons (Fsp3) is 0.286. The summed E-state index contributed by atoms with van der Waals surface area (Å²) in [5.74, 6) is 0.457. The maximum atomic E-state index is 5.56. The van der Waals surface area contributed by atoms with E-state index in [9.17, 15) is 0 Å². The summed E-state index contributed by atoms with van der Waals surface area (Å²) in [6.45, 7) is 4.30. The van der Waals surface area contributed by atoms with Crippen LogP contribution in [0.1, 0.15) is 25.0 Å². The molecule has 2 N–H and O–H groups in total. The van der Waals surface area contributed by atoms with Crippen LogP contribution in [0.4, 0.5) is 5.82 Å². The van der Waals surface area contributed by atoms with E-state index >= 15 is 0 Å². The van der Waals surface area contributed by atoms with Gasteiger partial charge in [0.25, 0.3) is 0 Å². The Bertz CT molecular complexity index is 503. The van der Waals surface area contributed by atoms with Gasteiger partial charge in [-0.3, -0.25) is 4.98 Å². The molecule has 0 saturated heterocycles. The van der Waals surface area contributed by atoms with E-state index in [0.29, 0.717) is 5.82 Å². The molecule has 0 aliphatic carbocycles. The van der Waals surface area contributed by atoms with Gasteiger partial charge >= 0.3 is 0 Å². The number of aromatic nitrogens is 2. The fourth-order valence-corrected chi connectivity index (χ4v) is 1.87. The van der Waals surface area contributed by atoms with Crippen molar-refractivity contribution in [2.24, 2.45) is 0 Å². The second kappa shape index (κ2) is 4.95. The lowest BCUT2D eigenvalue weighted by Crippen LogP contribution is -1.96. The van der Waals surface area contributed by atoms with Crippen molar-refractivity contribution < 1.29 is 0 Å². The van der Waals surface area contributed by atoms with Gasteiger partial charge < -0.3 is 5.73 Å². The molecule has 1 aromatic heterocycles. The van der Waals surface area contributed by atoms with Gasteiger partial charge in [-0.1, -0.05) is 26.0 Å². The summed E-state index contributed by atoms with van der Waals surface area (Å²) in [5, 5.41) is 0. The number of anilines is 1. The zero-order valence-corrected chi connectivity index (χ0v) is 10.3. The van der Waals surface area contributed by atoms with Gasteiger partial charge in [-0.15, -0.1) is 0 Å². The Morgan fingerprint density at radius 1 is 1.06 bits per heavy atom. The summed E-state index contributed by atoms with van der Waals surface area (Å²) >= 11 is 0. The molecule has 0 aliphatic rings. The molecule has 0 bridgehead atoms. The molecular weight excluding hydrogens is 210 g/mol. The number of rotatable bonds is 3. The van der Waals surface area contributed by atoms with Gasteiger partial charge in [-0.25, -0.2) is 4.98 Å². The van der Waals surface area contributed by atoms with E-state index in [0.717, 1.165) is 18.5 Å². The third-order valence-electron chi connectivity index (χ3n) is 2.91.